The van der Waals surface area contributed by atoms with Gasteiger partial charge >= 0.3 is 5.97 Å². The maximum Gasteiger partial charge on any atom is 0.319 e. The number of carboxylic acid groups (broad SMARTS) is 1. The van der Waals surface area contributed by atoms with Gasteiger partial charge in [-0.1, -0.05) is 0 Å². The van der Waals surface area contributed by atoms with Crippen LogP contribution >= 0.6 is 0 Å². The van der Waals surface area contributed by atoms with E-state index < -0.39 is 11.4 Å². The van der Waals surface area contributed by atoms with Crippen LogP contribution in [0.1, 0.15) is 32.1 Å². The molecule has 2 saturated carbocycles. The summed E-state index contributed by atoms with van der Waals surface area (Å²) in [5.41, 5.74) is -1.09. The average molecular weight is 239 g/mol. The Hall–Kier alpha value is -1.10. The van der Waals surface area contributed by atoms with Crippen LogP contribution in [0.15, 0.2) is 0 Å². The molecule has 17 heavy (non-hydrogen) atoms. The Morgan fingerprint density at radius 2 is 2.06 bits per heavy atom. The molecular weight excluding hydrogens is 222 g/mol. The van der Waals surface area contributed by atoms with Crippen LogP contribution < -0.4 is 0 Å². The number of aliphatic carboxylic acids is 1. The number of amides is 1. The summed E-state index contributed by atoms with van der Waals surface area (Å²) in [6, 6.07) is 0.119. The fourth-order valence-electron chi connectivity index (χ4n) is 3.10. The van der Waals surface area contributed by atoms with E-state index >= 15 is 0 Å². The van der Waals surface area contributed by atoms with Crippen LogP contribution in [0.5, 0.6) is 0 Å². The van der Waals surface area contributed by atoms with Crippen molar-refractivity contribution in [1.29, 1.82) is 0 Å². The molecule has 0 aromatic rings. The molecule has 3 fully saturated rings. The average Bonchev–Trinajstić information content (AvgIpc) is 3.00. The zero-order chi connectivity index (χ0) is 12.0. The first-order chi connectivity index (χ1) is 8.15. The highest BCUT2D eigenvalue weighted by Gasteiger charge is 2.60. The summed E-state index contributed by atoms with van der Waals surface area (Å²) in [6.45, 7) is 1.09. The third-order valence-electron chi connectivity index (χ3n) is 4.31. The highest BCUT2D eigenvalue weighted by molar-refractivity contribution is 6.05. The quantitative estimate of drug-likeness (QED) is 0.718. The zero-order valence-electron chi connectivity index (χ0n) is 9.72. The molecular formula is C12H17NO4. The summed E-state index contributed by atoms with van der Waals surface area (Å²) >= 11 is 0. The topological polar surface area (TPSA) is 66.8 Å². The third kappa shape index (κ3) is 1.56. The molecule has 5 heteroatoms. The number of carboxylic acids is 1. The van der Waals surface area contributed by atoms with E-state index in [1.54, 1.807) is 4.90 Å². The number of morpholine rings is 1. The minimum Gasteiger partial charge on any atom is -0.480 e. The second-order valence-corrected chi connectivity index (χ2v) is 5.29. The Morgan fingerprint density at radius 3 is 2.71 bits per heavy atom. The molecule has 0 radical (unpaired) electrons. The Labute approximate surface area is 99.7 Å². The third-order valence-corrected chi connectivity index (χ3v) is 4.31. The van der Waals surface area contributed by atoms with Gasteiger partial charge in [0.2, 0.25) is 5.91 Å². The van der Waals surface area contributed by atoms with Gasteiger partial charge in [0.15, 0.2) is 0 Å². The Bertz CT molecular complexity index is 364. The maximum atomic E-state index is 12.4. The minimum absolute atomic E-state index is 0.119. The van der Waals surface area contributed by atoms with Crippen LogP contribution in [0.3, 0.4) is 0 Å². The van der Waals surface area contributed by atoms with E-state index in [2.05, 4.69) is 0 Å². The van der Waals surface area contributed by atoms with Gasteiger partial charge in [0.05, 0.1) is 18.8 Å². The predicted molar refractivity (Wildman–Crippen MR) is 58.4 cm³/mol. The Kier molecular flexibility index (Phi) is 2.40. The molecule has 0 bridgehead atoms. The summed E-state index contributed by atoms with van der Waals surface area (Å²) in [6.07, 6.45) is 4.14. The van der Waals surface area contributed by atoms with Gasteiger partial charge in [0.1, 0.15) is 5.41 Å². The van der Waals surface area contributed by atoms with Crippen LogP contribution in [0.4, 0.5) is 0 Å². The van der Waals surface area contributed by atoms with Gasteiger partial charge in [-0.15, -0.1) is 0 Å². The molecule has 1 aliphatic heterocycles. The van der Waals surface area contributed by atoms with Crippen molar-refractivity contribution in [2.24, 2.45) is 5.41 Å². The van der Waals surface area contributed by atoms with E-state index in [0.29, 0.717) is 26.0 Å². The van der Waals surface area contributed by atoms with E-state index in [0.717, 1.165) is 19.3 Å². The lowest BCUT2D eigenvalue weighted by molar-refractivity contribution is -0.160. The standard InChI is InChI=1S/C12H17NO4/c14-10(12(4-5-12)11(15)16)13-6-7-17-9-3-1-2-8(9)13/h8-9H,1-7H2,(H,15,16). The van der Waals surface area contributed by atoms with Gasteiger partial charge in [-0.25, -0.2) is 0 Å². The Morgan fingerprint density at radius 1 is 1.29 bits per heavy atom. The van der Waals surface area contributed by atoms with Crippen molar-refractivity contribution in [1.82, 2.24) is 4.90 Å². The molecule has 3 aliphatic rings. The summed E-state index contributed by atoms with van der Waals surface area (Å²) in [5, 5.41) is 9.17. The van der Waals surface area contributed by atoms with Gasteiger partial charge in [-0.3, -0.25) is 9.59 Å². The van der Waals surface area contributed by atoms with Gasteiger partial charge in [0.25, 0.3) is 0 Å². The summed E-state index contributed by atoms with van der Waals surface area (Å²) < 4.78 is 5.63. The van der Waals surface area contributed by atoms with E-state index in [4.69, 9.17) is 9.84 Å². The lowest BCUT2D eigenvalue weighted by Crippen LogP contribution is -2.54. The number of hydrogen-bond acceptors (Lipinski definition) is 3. The first-order valence-electron chi connectivity index (χ1n) is 6.31. The first kappa shape index (κ1) is 11.0. The number of rotatable bonds is 2. The van der Waals surface area contributed by atoms with Crippen LogP contribution in [-0.4, -0.2) is 47.2 Å². The lowest BCUT2D eigenvalue weighted by atomic mass is 10.0. The van der Waals surface area contributed by atoms with Gasteiger partial charge in [-0.2, -0.15) is 0 Å². The number of carbonyl (C=O) groups excluding carboxylic acids is 1. The molecule has 2 aliphatic carbocycles. The lowest BCUT2D eigenvalue weighted by Gasteiger charge is -2.39. The molecule has 0 spiro atoms. The monoisotopic (exact) mass is 239 g/mol. The van der Waals surface area contributed by atoms with Crippen molar-refractivity contribution in [2.75, 3.05) is 13.2 Å². The van der Waals surface area contributed by atoms with Crippen LogP contribution in [0.25, 0.3) is 0 Å². The van der Waals surface area contributed by atoms with Crippen molar-refractivity contribution in [3.63, 3.8) is 0 Å². The fourth-order valence-corrected chi connectivity index (χ4v) is 3.10. The van der Waals surface area contributed by atoms with Crippen molar-refractivity contribution < 1.29 is 19.4 Å². The molecule has 0 aromatic heterocycles. The number of fused-ring (bicyclic) bond motifs is 1. The van der Waals surface area contributed by atoms with E-state index in [9.17, 15) is 9.59 Å². The van der Waals surface area contributed by atoms with Crippen molar-refractivity contribution in [3.8, 4) is 0 Å². The molecule has 1 N–H and O–H groups in total. The largest absolute Gasteiger partial charge is 0.480 e. The summed E-state index contributed by atoms with van der Waals surface area (Å²) in [7, 11) is 0. The molecule has 1 amide bonds. The van der Waals surface area contributed by atoms with Gasteiger partial charge in [-0.05, 0) is 32.1 Å². The molecule has 5 nitrogen and oxygen atoms in total. The van der Waals surface area contributed by atoms with Crippen molar-refractivity contribution in [3.05, 3.63) is 0 Å². The highest BCUT2D eigenvalue weighted by Crippen LogP contribution is 2.48. The molecule has 1 saturated heterocycles. The number of carbonyl (C=O) groups is 2. The smallest absolute Gasteiger partial charge is 0.319 e. The molecule has 1 heterocycles. The zero-order valence-corrected chi connectivity index (χ0v) is 9.72. The minimum atomic E-state index is -1.09. The summed E-state index contributed by atoms with van der Waals surface area (Å²) in [5.74, 6) is -1.13. The molecule has 94 valence electrons. The normalized spacial score (nSPS) is 34.2. The first-order valence-corrected chi connectivity index (χ1v) is 6.31. The molecule has 2 unspecified atom stereocenters. The van der Waals surface area contributed by atoms with E-state index in [1.165, 1.54) is 0 Å². The predicted octanol–water partition coefficient (Wildman–Crippen LogP) is 0.631. The van der Waals surface area contributed by atoms with Crippen molar-refractivity contribution >= 4 is 11.9 Å². The van der Waals surface area contributed by atoms with E-state index in [-0.39, 0.29) is 18.1 Å². The molecule has 3 rings (SSSR count). The van der Waals surface area contributed by atoms with Crippen LogP contribution in [0, 0.1) is 5.41 Å². The van der Waals surface area contributed by atoms with Crippen LogP contribution in [-0.2, 0) is 14.3 Å². The Balaban J connectivity index is 1.79. The number of nitrogens with zero attached hydrogens (tertiary/aromatic N) is 1. The van der Waals surface area contributed by atoms with Gasteiger partial charge in [0, 0.05) is 6.54 Å². The highest BCUT2D eigenvalue weighted by atomic mass is 16.5. The van der Waals surface area contributed by atoms with Crippen molar-refractivity contribution in [2.45, 2.75) is 44.2 Å². The second kappa shape index (κ2) is 3.70. The summed E-state index contributed by atoms with van der Waals surface area (Å²) in [4.78, 5) is 25.3. The van der Waals surface area contributed by atoms with Gasteiger partial charge < -0.3 is 14.7 Å². The van der Waals surface area contributed by atoms with Crippen LogP contribution in [0.2, 0.25) is 0 Å². The second-order valence-electron chi connectivity index (χ2n) is 5.29. The maximum absolute atomic E-state index is 12.4. The molecule has 2 atom stereocenters. The number of ether oxygens (including phenoxy) is 1. The fraction of sp³-hybridized carbons (Fsp3) is 0.833. The molecule has 0 aromatic carbocycles. The SMILES string of the molecule is O=C(O)C1(C(=O)N2CCOC3CCCC32)CC1. The number of hydrogen-bond donors (Lipinski definition) is 1. The van der Waals surface area contributed by atoms with E-state index in [1.807, 2.05) is 0 Å².